The lowest BCUT2D eigenvalue weighted by Gasteiger charge is -2.16. The van der Waals surface area contributed by atoms with Gasteiger partial charge in [-0.15, -0.1) is 0 Å². The number of nitrogens with one attached hydrogen (secondary N) is 1. The number of carbonyl (C=O) groups is 3. The van der Waals surface area contributed by atoms with Crippen LogP contribution in [0.4, 0.5) is 13.2 Å². The fourth-order valence-corrected chi connectivity index (χ4v) is 2.07. The van der Waals surface area contributed by atoms with E-state index in [4.69, 9.17) is 0 Å². The number of esters is 1. The quantitative estimate of drug-likeness (QED) is 0.605. The second-order valence-corrected chi connectivity index (χ2v) is 4.90. The standard InChI is InChI=1S/C14H12F3N3O5/c1-25-12(23)7(19-13(24)14(15,16)17)5-10(22)8-6-18-11-9(21)3-2-4-20(8)11/h2-4,6-7,21H,5H2,1H3,(H,19,24)/t7-/m1/s1. The fraction of sp³-hybridized carbons (Fsp3) is 0.286. The van der Waals surface area contributed by atoms with Crippen LogP contribution in [0.3, 0.4) is 0 Å². The highest BCUT2D eigenvalue weighted by Crippen LogP contribution is 2.19. The van der Waals surface area contributed by atoms with Crippen molar-refractivity contribution in [3.05, 3.63) is 30.2 Å². The molecule has 0 unspecified atom stereocenters. The largest absolute Gasteiger partial charge is 0.504 e. The molecule has 2 heterocycles. The Labute approximate surface area is 138 Å². The molecule has 134 valence electrons. The van der Waals surface area contributed by atoms with E-state index in [2.05, 4.69) is 9.72 Å². The highest BCUT2D eigenvalue weighted by atomic mass is 19.4. The van der Waals surface area contributed by atoms with Crippen molar-refractivity contribution in [1.82, 2.24) is 14.7 Å². The summed E-state index contributed by atoms with van der Waals surface area (Å²) in [4.78, 5) is 38.7. The van der Waals surface area contributed by atoms with Crippen molar-refractivity contribution >= 4 is 23.3 Å². The summed E-state index contributed by atoms with van der Waals surface area (Å²) in [5.41, 5.74) is -0.0270. The number of hydrogen-bond donors (Lipinski definition) is 2. The van der Waals surface area contributed by atoms with Gasteiger partial charge in [0.05, 0.1) is 13.3 Å². The van der Waals surface area contributed by atoms with Crippen molar-refractivity contribution in [2.75, 3.05) is 7.11 Å². The van der Waals surface area contributed by atoms with Crippen LogP contribution in [0.15, 0.2) is 24.5 Å². The fourth-order valence-electron chi connectivity index (χ4n) is 2.07. The van der Waals surface area contributed by atoms with Crippen LogP contribution >= 0.6 is 0 Å². The Morgan fingerprint density at radius 1 is 1.40 bits per heavy atom. The van der Waals surface area contributed by atoms with Gasteiger partial charge in [0.15, 0.2) is 17.2 Å². The minimum absolute atomic E-state index is 0.0554. The normalized spacial score (nSPS) is 12.6. The predicted molar refractivity (Wildman–Crippen MR) is 75.8 cm³/mol. The molecule has 1 amide bonds. The van der Waals surface area contributed by atoms with E-state index < -0.39 is 36.3 Å². The predicted octanol–water partition coefficient (Wildman–Crippen LogP) is 0.833. The number of Topliss-reactive ketones (excluding diaryl/α,β-unsaturated/α-hetero) is 1. The van der Waals surface area contributed by atoms with E-state index in [1.807, 2.05) is 0 Å². The smallest absolute Gasteiger partial charge is 0.471 e. The third kappa shape index (κ3) is 3.87. The van der Waals surface area contributed by atoms with Crippen molar-refractivity contribution < 1.29 is 37.4 Å². The van der Waals surface area contributed by atoms with Crippen molar-refractivity contribution in [3.8, 4) is 5.75 Å². The van der Waals surface area contributed by atoms with Crippen LogP contribution in [0.2, 0.25) is 0 Å². The molecule has 0 bridgehead atoms. The number of rotatable bonds is 5. The van der Waals surface area contributed by atoms with Crippen LogP contribution in [0, 0.1) is 0 Å². The first-order valence-corrected chi connectivity index (χ1v) is 6.79. The molecule has 0 fully saturated rings. The van der Waals surface area contributed by atoms with Crippen LogP contribution < -0.4 is 5.32 Å². The number of alkyl halides is 3. The Hall–Kier alpha value is -3.11. The SMILES string of the molecule is COC(=O)[C@@H](CC(=O)c1cnc2c(O)cccn12)NC(=O)C(F)(F)F. The maximum atomic E-state index is 12.3. The number of fused-ring (bicyclic) bond motifs is 1. The molecule has 11 heteroatoms. The van der Waals surface area contributed by atoms with Crippen molar-refractivity contribution in [3.63, 3.8) is 0 Å². The zero-order valence-corrected chi connectivity index (χ0v) is 12.7. The van der Waals surface area contributed by atoms with Gasteiger partial charge in [-0.25, -0.2) is 9.78 Å². The van der Waals surface area contributed by atoms with Crippen LogP contribution in [-0.2, 0) is 14.3 Å². The minimum atomic E-state index is -5.22. The number of pyridine rings is 1. The van der Waals surface area contributed by atoms with Crippen LogP contribution in [-0.4, -0.2) is 51.5 Å². The van der Waals surface area contributed by atoms with E-state index in [9.17, 15) is 32.7 Å². The maximum Gasteiger partial charge on any atom is 0.471 e. The summed E-state index contributed by atoms with van der Waals surface area (Å²) in [6, 6.07) is 0.927. The van der Waals surface area contributed by atoms with Crippen molar-refractivity contribution in [2.45, 2.75) is 18.6 Å². The third-order valence-electron chi connectivity index (χ3n) is 3.24. The lowest BCUT2D eigenvalue weighted by atomic mass is 10.1. The second kappa shape index (κ2) is 6.79. The first-order chi connectivity index (χ1) is 11.6. The number of halogens is 3. The Morgan fingerprint density at radius 2 is 2.08 bits per heavy atom. The number of hydrogen-bond acceptors (Lipinski definition) is 6. The van der Waals surface area contributed by atoms with Gasteiger partial charge in [0.25, 0.3) is 0 Å². The summed E-state index contributed by atoms with van der Waals surface area (Å²) in [7, 11) is 0.909. The molecule has 0 radical (unpaired) electrons. The monoisotopic (exact) mass is 359 g/mol. The molecule has 0 spiro atoms. The number of aromatic hydroxyl groups is 1. The number of nitrogens with zero attached hydrogens (tertiary/aromatic N) is 2. The molecule has 2 N–H and O–H groups in total. The second-order valence-electron chi connectivity index (χ2n) is 4.90. The summed E-state index contributed by atoms with van der Waals surface area (Å²) in [5, 5.41) is 11.1. The molecule has 0 aliphatic carbocycles. The van der Waals surface area contributed by atoms with Crippen LogP contribution in [0.5, 0.6) is 5.75 Å². The van der Waals surface area contributed by atoms with Gasteiger partial charge in [-0.2, -0.15) is 13.2 Å². The highest BCUT2D eigenvalue weighted by Gasteiger charge is 2.41. The van der Waals surface area contributed by atoms with E-state index in [0.29, 0.717) is 0 Å². The Bertz CT molecular complexity index is 831. The van der Waals surface area contributed by atoms with E-state index in [1.54, 1.807) is 0 Å². The number of amides is 1. The number of ketones is 1. The number of ether oxygens (including phenoxy) is 1. The number of aromatic nitrogens is 2. The molecule has 0 saturated carbocycles. The summed E-state index contributed by atoms with van der Waals surface area (Å²) >= 11 is 0. The summed E-state index contributed by atoms with van der Waals surface area (Å²) in [6.45, 7) is 0. The molecule has 0 aliphatic heterocycles. The molecule has 2 rings (SSSR count). The van der Waals surface area contributed by atoms with Gasteiger partial charge in [-0.3, -0.25) is 14.0 Å². The average molecular weight is 359 g/mol. The van der Waals surface area contributed by atoms with Gasteiger partial charge in [0.2, 0.25) is 0 Å². The number of methoxy groups -OCH3 is 1. The van der Waals surface area contributed by atoms with Gasteiger partial charge < -0.3 is 15.2 Å². The summed E-state index contributed by atoms with van der Waals surface area (Å²) in [6.07, 6.45) is -3.50. The molecule has 0 aliphatic rings. The maximum absolute atomic E-state index is 12.3. The molecule has 0 saturated heterocycles. The van der Waals surface area contributed by atoms with Crippen LogP contribution in [0.1, 0.15) is 16.9 Å². The lowest BCUT2D eigenvalue weighted by molar-refractivity contribution is -0.175. The number of imidazole rings is 1. The molecule has 8 nitrogen and oxygen atoms in total. The zero-order valence-electron chi connectivity index (χ0n) is 12.7. The molecular weight excluding hydrogens is 347 g/mol. The first kappa shape index (κ1) is 18.2. The van der Waals surface area contributed by atoms with Gasteiger partial charge in [0.1, 0.15) is 11.7 Å². The van der Waals surface area contributed by atoms with E-state index >= 15 is 0 Å². The van der Waals surface area contributed by atoms with Crippen molar-refractivity contribution in [1.29, 1.82) is 0 Å². The topological polar surface area (TPSA) is 110 Å². The van der Waals surface area contributed by atoms with Crippen molar-refractivity contribution in [2.24, 2.45) is 0 Å². The van der Waals surface area contributed by atoms with Gasteiger partial charge >= 0.3 is 18.1 Å². The molecule has 0 aromatic carbocycles. The molecule has 2 aromatic heterocycles. The van der Waals surface area contributed by atoms with E-state index in [1.165, 1.54) is 28.0 Å². The highest BCUT2D eigenvalue weighted by molar-refractivity contribution is 5.99. The summed E-state index contributed by atoms with van der Waals surface area (Å²) < 4.78 is 42.6. The van der Waals surface area contributed by atoms with E-state index in [-0.39, 0.29) is 17.1 Å². The number of carbonyl (C=O) groups excluding carboxylic acids is 3. The Morgan fingerprint density at radius 3 is 2.68 bits per heavy atom. The lowest BCUT2D eigenvalue weighted by Crippen LogP contribution is -2.48. The van der Waals surface area contributed by atoms with Crippen LogP contribution in [0.25, 0.3) is 5.65 Å². The van der Waals surface area contributed by atoms with Gasteiger partial charge in [0, 0.05) is 12.6 Å². The molecule has 25 heavy (non-hydrogen) atoms. The first-order valence-electron chi connectivity index (χ1n) is 6.79. The molecule has 1 atom stereocenters. The van der Waals surface area contributed by atoms with Gasteiger partial charge in [-0.1, -0.05) is 0 Å². The van der Waals surface area contributed by atoms with E-state index in [0.717, 1.165) is 13.3 Å². The van der Waals surface area contributed by atoms with Gasteiger partial charge in [-0.05, 0) is 12.1 Å². The molecular formula is C14H12F3N3O5. The third-order valence-corrected chi connectivity index (χ3v) is 3.24. The Kier molecular flexibility index (Phi) is 4.95. The zero-order chi connectivity index (χ0) is 18.8. The summed E-state index contributed by atoms with van der Waals surface area (Å²) in [5.74, 6) is -4.57. The average Bonchev–Trinajstić information content (AvgIpc) is 2.98. The molecule has 2 aromatic rings. The minimum Gasteiger partial charge on any atom is -0.504 e. The Balaban J connectivity index is 2.25.